The summed E-state index contributed by atoms with van der Waals surface area (Å²) in [6, 6.07) is 6.34. The molecule has 1 atom stereocenters. The number of hydrogen-bond donors (Lipinski definition) is 2. The summed E-state index contributed by atoms with van der Waals surface area (Å²) in [6.45, 7) is 3.85. The maximum Gasteiger partial charge on any atom is 0.322 e. The van der Waals surface area contributed by atoms with E-state index in [9.17, 15) is 9.59 Å². The van der Waals surface area contributed by atoms with Gasteiger partial charge in [0, 0.05) is 6.54 Å². The quantitative estimate of drug-likeness (QED) is 0.535. The number of nitrogens with one attached hydrogen (secondary N) is 1. The molecule has 1 rings (SSSR count). The summed E-state index contributed by atoms with van der Waals surface area (Å²) in [4.78, 5) is 22.6. The van der Waals surface area contributed by atoms with Gasteiger partial charge in [0.25, 0.3) is 5.91 Å². The molecule has 1 aromatic carbocycles. The molecule has 6 heteroatoms. The minimum atomic E-state index is -0.688. The third-order valence-electron chi connectivity index (χ3n) is 2.70. The smallest absolute Gasteiger partial charge is 0.322 e. The molecule has 0 aliphatic carbocycles. The Morgan fingerprint density at radius 3 is 2.62 bits per heavy atom. The first-order valence-corrected chi connectivity index (χ1v) is 6.49. The van der Waals surface area contributed by atoms with Crippen molar-refractivity contribution in [1.29, 1.82) is 0 Å². The minimum absolute atomic E-state index is 0.0607. The molecule has 1 unspecified atom stereocenters. The molecule has 0 saturated carbocycles. The summed E-state index contributed by atoms with van der Waals surface area (Å²) >= 11 is 0. The molecule has 1 aromatic rings. The lowest BCUT2D eigenvalue weighted by atomic mass is 10.1. The Hall–Kier alpha value is -2.34. The van der Waals surface area contributed by atoms with Crippen LogP contribution in [0.15, 0.2) is 36.9 Å². The van der Waals surface area contributed by atoms with Crippen LogP contribution in [0.5, 0.6) is 5.75 Å². The number of nitrogens with two attached hydrogens (primary N) is 1. The molecule has 0 heterocycles. The van der Waals surface area contributed by atoms with Crippen LogP contribution < -0.4 is 15.8 Å². The van der Waals surface area contributed by atoms with E-state index < -0.39 is 12.0 Å². The molecule has 0 aromatic heterocycles. The zero-order valence-electron chi connectivity index (χ0n) is 12.0. The molecule has 0 radical (unpaired) electrons. The Morgan fingerprint density at radius 1 is 1.38 bits per heavy atom. The lowest BCUT2D eigenvalue weighted by molar-refractivity contribution is -0.142. The largest absolute Gasteiger partial charge is 0.484 e. The van der Waals surface area contributed by atoms with Gasteiger partial charge in [-0.2, -0.15) is 0 Å². The predicted octanol–water partition coefficient (Wildman–Crippen LogP) is 0.410. The third kappa shape index (κ3) is 6.09. The van der Waals surface area contributed by atoms with Gasteiger partial charge in [0.05, 0.1) is 7.11 Å². The van der Waals surface area contributed by atoms with Crippen molar-refractivity contribution in [2.24, 2.45) is 5.73 Å². The number of methoxy groups -OCH3 is 1. The van der Waals surface area contributed by atoms with Crippen molar-refractivity contribution < 1.29 is 19.1 Å². The van der Waals surface area contributed by atoms with Gasteiger partial charge < -0.3 is 20.5 Å². The maximum atomic E-state index is 11.3. The number of carbonyl (C=O) groups excluding carboxylic acids is 2. The van der Waals surface area contributed by atoms with Crippen molar-refractivity contribution in [3.63, 3.8) is 0 Å². The van der Waals surface area contributed by atoms with Crippen LogP contribution >= 0.6 is 0 Å². The predicted molar refractivity (Wildman–Crippen MR) is 78.8 cm³/mol. The number of carbonyl (C=O) groups is 2. The van der Waals surface area contributed by atoms with Gasteiger partial charge in [-0.25, -0.2) is 0 Å². The molecule has 0 bridgehead atoms. The molecule has 0 fully saturated rings. The zero-order valence-corrected chi connectivity index (χ0v) is 12.0. The number of hydrogen-bond acceptors (Lipinski definition) is 5. The van der Waals surface area contributed by atoms with E-state index in [0.29, 0.717) is 18.7 Å². The van der Waals surface area contributed by atoms with Crippen LogP contribution in [-0.4, -0.2) is 38.2 Å². The van der Waals surface area contributed by atoms with E-state index >= 15 is 0 Å². The maximum absolute atomic E-state index is 11.3. The molecule has 0 spiro atoms. The lowest BCUT2D eigenvalue weighted by Crippen LogP contribution is -2.33. The van der Waals surface area contributed by atoms with Gasteiger partial charge >= 0.3 is 5.97 Å². The highest BCUT2D eigenvalue weighted by Crippen LogP contribution is 2.13. The molecule has 0 saturated heterocycles. The van der Waals surface area contributed by atoms with Crippen molar-refractivity contribution in [2.45, 2.75) is 12.5 Å². The van der Waals surface area contributed by atoms with Crippen molar-refractivity contribution >= 4 is 11.9 Å². The van der Waals surface area contributed by atoms with Crippen molar-refractivity contribution in [1.82, 2.24) is 5.32 Å². The fourth-order valence-electron chi connectivity index (χ4n) is 1.60. The first-order chi connectivity index (χ1) is 10.1. The van der Waals surface area contributed by atoms with Gasteiger partial charge in [-0.1, -0.05) is 18.2 Å². The van der Waals surface area contributed by atoms with E-state index in [2.05, 4.69) is 16.6 Å². The average Bonchev–Trinajstić information content (AvgIpc) is 2.51. The van der Waals surface area contributed by atoms with Crippen molar-refractivity contribution in [3.8, 4) is 5.75 Å². The summed E-state index contributed by atoms with van der Waals surface area (Å²) in [7, 11) is 1.30. The molecule has 0 aliphatic heterocycles. The fourth-order valence-corrected chi connectivity index (χ4v) is 1.60. The first-order valence-electron chi connectivity index (χ1n) is 6.49. The van der Waals surface area contributed by atoms with Crippen LogP contribution in [0.1, 0.15) is 5.56 Å². The van der Waals surface area contributed by atoms with Gasteiger partial charge in [-0.15, -0.1) is 6.58 Å². The lowest BCUT2D eigenvalue weighted by Gasteiger charge is -2.10. The summed E-state index contributed by atoms with van der Waals surface area (Å²) in [5.74, 6) is -0.0972. The second-order valence-corrected chi connectivity index (χ2v) is 4.36. The number of ether oxygens (including phenoxy) is 2. The Balaban J connectivity index is 2.45. The summed E-state index contributed by atoms with van der Waals surface area (Å²) in [5.41, 5.74) is 6.56. The van der Waals surface area contributed by atoms with Gasteiger partial charge in [0.15, 0.2) is 6.61 Å². The van der Waals surface area contributed by atoms with Crippen LogP contribution in [0.3, 0.4) is 0 Å². The third-order valence-corrected chi connectivity index (χ3v) is 2.70. The van der Waals surface area contributed by atoms with E-state index in [-0.39, 0.29) is 12.5 Å². The number of rotatable bonds is 8. The monoisotopic (exact) mass is 292 g/mol. The Labute approximate surface area is 123 Å². The highest BCUT2D eigenvalue weighted by molar-refractivity contribution is 5.77. The SMILES string of the molecule is C=CCNC(=O)COc1ccc(CC(N)C(=O)OC)cc1. The standard InChI is InChI=1S/C15H20N2O4/c1-3-8-17-14(18)10-21-12-6-4-11(5-7-12)9-13(16)15(19)20-2/h3-7,13H,1,8-10,16H2,2H3,(H,17,18). The number of amides is 1. The first kappa shape index (κ1) is 16.7. The molecule has 21 heavy (non-hydrogen) atoms. The minimum Gasteiger partial charge on any atom is -0.484 e. The normalized spacial score (nSPS) is 11.3. The second-order valence-electron chi connectivity index (χ2n) is 4.36. The van der Waals surface area contributed by atoms with Crippen molar-refractivity contribution in [3.05, 3.63) is 42.5 Å². The molecule has 114 valence electrons. The highest BCUT2D eigenvalue weighted by atomic mass is 16.5. The van der Waals surface area contributed by atoms with E-state index in [4.69, 9.17) is 10.5 Å². The van der Waals surface area contributed by atoms with E-state index in [1.54, 1.807) is 30.3 Å². The Kier molecular flexibility index (Phi) is 6.97. The van der Waals surface area contributed by atoms with Gasteiger partial charge in [0.1, 0.15) is 11.8 Å². The second kappa shape index (κ2) is 8.76. The summed E-state index contributed by atoms with van der Waals surface area (Å²) in [5, 5.41) is 2.61. The average molecular weight is 292 g/mol. The molecule has 1 amide bonds. The van der Waals surface area contributed by atoms with Crippen LogP contribution in [0.25, 0.3) is 0 Å². The topological polar surface area (TPSA) is 90.6 Å². The van der Waals surface area contributed by atoms with Gasteiger partial charge in [-0.3, -0.25) is 9.59 Å². The molecule has 3 N–H and O–H groups in total. The molecule has 0 aliphatic rings. The Bertz CT molecular complexity index is 485. The van der Waals surface area contributed by atoms with Gasteiger partial charge in [0.2, 0.25) is 0 Å². The molecule has 6 nitrogen and oxygen atoms in total. The molecular formula is C15H20N2O4. The van der Waals surface area contributed by atoms with Crippen LogP contribution in [0.4, 0.5) is 0 Å². The molecular weight excluding hydrogens is 272 g/mol. The number of benzene rings is 1. The van der Waals surface area contributed by atoms with E-state index in [0.717, 1.165) is 5.56 Å². The number of esters is 1. The van der Waals surface area contributed by atoms with E-state index in [1.807, 2.05) is 0 Å². The Morgan fingerprint density at radius 2 is 2.05 bits per heavy atom. The van der Waals surface area contributed by atoms with Crippen LogP contribution in [0.2, 0.25) is 0 Å². The van der Waals surface area contributed by atoms with Gasteiger partial charge in [-0.05, 0) is 24.1 Å². The van der Waals surface area contributed by atoms with Crippen LogP contribution in [0, 0.1) is 0 Å². The zero-order chi connectivity index (χ0) is 15.7. The van der Waals surface area contributed by atoms with E-state index in [1.165, 1.54) is 7.11 Å². The summed E-state index contributed by atoms with van der Waals surface area (Å²) in [6.07, 6.45) is 1.98. The summed E-state index contributed by atoms with van der Waals surface area (Å²) < 4.78 is 9.89. The highest BCUT2D eigenvalue weighted by Gasteiger charge is 2.14. The van der Waals surface area contributed by atoms with Crippen LogP contribution in [-0.2, 0) is 20.7 Å². The fraction of sp³-hybridized carbons (Fsp3) is 0.333. The van der Waals surface area contributed by atoms with Crippen molar-refractivity contribution in [2.75, 3.05) is 20.3 Å².